The molecule has 0 saturated carbocycles. The highest BCUT2D eigenvalue weighted by molar-refractivity contribution is 7.89. The van der Waals surface area contributed by atoms with E-state index in [1.165, 1.54) is 12.1 Å². The molecule has 0 spiro atoms. The van der Waals surface area contributed by atoms with E-state index in [0.717, 1.165) is 18.9 Å². The molecule has 0 aromatic heterocycles. The first-order chi connectivity index (χ1) is 11.4. The summed E-state index contributed by atoms with van der Waals surface area (Å²) in [5.41, 5.74) is 0.215. The Kier molecular flexibility index (Phi) is 6.55. The van der Waals surface area contributed by atoms with Gasteiger partial charge in [-0.3, -0.25) is 0 Å². The maximum Gasteiger partial charge on any atom is 0.335 e. The number of ether oxygens (including phenoxy) is 1. The lowest BCUT2D eigenvalue weighted by molar-refractivity contribution is 0.0696. The number of hydrogen-bond donors (Lipinski definition) is 4. The van der Waals surface area contributed by atoms with Crippen LogP contribution in [0.3, 0.4) is 0 Å². The molecule has 9 heteroatoms. The zero-order chi connectivity index (χ0) is 17.6. The summed E-state index contributed by atoms with van der Waals surface area (Å²) < 4.78 is 32.7. The van der Waals surface area contributed by atoms with Gasteiger partial charge >= 0.3 is 5.97 Å². The molecule has 4 N–H and O–H groups in total. The van der Waals surface area contributed by atoms with Crippen molar-refractivity contribution in [3.63, 3.8) is 0 Å². The van der Waals surface area contributed by atoms with Crippen molar-refractivity contribution in [3.8, 4) is 0 Å². The number of aromatic carboxylic acids is 1. The van der Waals surface area contributed by atoms with E-state index in [9.17, 15) is 13.2 Å². The molecule has 24 heavy (non-hydrogen) atoms. The molecule has 1 aromatic carbocycles. The van der Waals surface area contributed by atoms with Crippen molar-refractivity contribution in [1.82, 2.24) is 4.72 Å². The van der Waals surface area contributed by atoms with Crippen LogP contribution in [0.2, 0.25) is 0 Å². The monoisotopic (exact) mass is 358 g/mol. The molecule has 0 unspecified atom stereocenters. The second-order valence-corrected chi connectivity index (χ2v) is 7.24. The Morgan fingerprint density at radius 1 is 1.38 bits per heavy atom. The fraction of sp³-hybridized carbons (Fsp3) is 0.533. The third-order valence-corrected chi connectivity index (χ3v) is 5.19. The van der Waals surface area contributed by atoms with Gasteiger partial charge in [-0.25, -0.2) is 17.9 Å². The van der Waals surface area contributed by atoms with Crippen LogP contribution < -0.4 is 10.0 Å². The topological polar surface area (TPSA) is 125 Å². The number of carboxylic acids is 1. The molecular weight excluding hydrogens is 336 g/mol. The van der Waals surface area contributed by atoms with Crippen molar-refractivity contribution in [2.45, 2.75) is 30.3 Å². The summed E-state index contributed by atoms with van der Waals surface area (Å²) in [5, 5.41) is 20.9. The van der Waals surface area contributed by atoms with Crippen LogP contribution in [0, 0.1) is 0 Å². The Labute approximate surface area is 140 Å². The van der Waals surface area contributed by atoms with Crippen LogP contribution in [0.1, 0.15) is 29.6 Å². The second-order valence-electron chi connectivity index (χ2n) is 5.51. The van der Waals surface area contributed by atoms with E-state index in [-0.39, 0.29) is 36.1 Å². The standard InChI is InChI=1S/C15H22N2O6S/c18-7-2-6-17-24(21,22)14-9-11(15(19)20)4-5-13(14)16-10-12-3-1-8-23-12/h4-5,9,12,16-18H,1-3,6-8,10H2,(H,19,20)/t12-/m0/s1. The summed E-state index contributed by atoms with van der Waals surface area (Å²) >= 11 is 0. The van der Waals surface area contributed by atoms with Crippen molar-refractivity contribution in [1.29, 1.82) is 0 Å². The molecular formula is C15H22N2O6S. The lowest BCUT2D eigenvalue weighted by atomic mass is 10.2. The summed E-state index contributed by atoms with van der Waals surface area (Å²) in [6.07, 6.45) is 2.16. The zero-order valence-corrected chi connectivity index (χ0v) is 14.0. The van der Waals surface area contributed by atoms with Crippen molar-refractivity contribution >= 4 is 21.7 Å². The average molecular weight is 358 g/mol. The third kappa shape index (κ3) is 4.91. The normalized spacial score (nSPS) is 17.8. The number of carboxylic acid groups (broad SMARTS) is 1. The van der Waals surface area contributed by atoms with Gasteiger partial charge < -0.3 is 20.3 Å². The number of anilines is 1. The van der Waals surface area contributed by atoms with Gasteiger partial charge in [0.25, 0.3) is 0 Å². The molecule has 0 aliphatic carbocycles. The molecule has 2 rings (SSSR count). The fourth-order valence-electron chi connectivity index (χ4n) is 2.42. The molecule has 1 aliphatic rings. The van der Waals surface area contributed by atoms with Crippen LogP contribution in [0.25, 0.3) is 0 Å². The zero-order valence-electron chi connectivity index (χ0n) is 13.2. The summed E-state index contributed by atoms with van der Waals surface area (Å²) in [5.74, 6) is -1.20. The molecule has 134 valence electrons. The fourth-order valence-corrected chi connectivity index (χ4v) is 3.70. The highest BCUT2D eigenvalue weighted by Gasteiger charge is 2.22. The Balaban J connectivity index is 2.22. The van der Waals surface area contributed by atoms with Crippen molar-refractivity contribution < 1.29 is 28.2 Å². The van der Waals surface area contributed by atoms with Gasteiger partial charge in [0, 0.05) is 26.3 Å². The minimum absolute atomic E-state index is 0.0158. The third-order valence-electron chi connectivity index (χ3n) is 3.69. The number of sulfonamides is 1. The summed E-state index contributed by atoms with van der Waals surface area (Å²) in [7, 11) is -3.89. The largest absolute Gasteiger partial charge is 0.478 e. The quantitative estimate of drug-likeness (QED) is 0.477. The number of rotatable bonds is 9. The van der Waals surface area contributed by atoms with Crippen molar-refractivity contribution in [3.05, 3.63) is 23.8 Å². The van der Waals surface area contributed by atoms with Gasteiger partial charge in [0.2, 0.25) is 10.0 Å². The Hall–Kier alpha value is -1.68. The van der Waals surface area contributed by atoms with Crippen LogP contribution in [0.5, 0.6) is 0 Å². The first-order valence-electron chi connectivity index (χ1n) is 7.77. The van der Waals surface area contributed by atoms with Crippen LogP contribution in [0.15, 0.2) is 23.1 Å². The first kappa shape index (κ1) is 18.7. The van der Waals surface area contributed by atoms with E-state index >= 15 is 0 Å². The molecule has 1 heterocycles. The number of carbonyl (C=O) groups is 1. The number of aliphatic hydroxyl groups is 1. The lowest BCUT2D eigenvalue weighted by Crippen LogP contribution is -2.27. The minimum atomic E-state index is -3.89. The van der Waals surface area contributed by atoms with Gasteiger partial charge in [-0.15, -0.1) is 0 Å². The molecule has 1 aromatic rings. The second kappa shape index (κ2) is 8.43. The summed E-state index contributed by atoms with van der Waals surface area (Å²) in [6.45, 7) is 1.08. The number of benzene rings is 1. The van der Waals surface area contributed by atoms with Gasteiger partial charge in [-0.05, 0) is 37.5 Å². The molecule has 1 saturated heterocycles. The molecule has 0 amide bonds. The SMILES string of the molecule is O=C(O)c1ccc(NC[C@@H]2CCCO2)c(S(=O)(=O)NCCCO)c1. The van der Waals surface area contributed by atoms with Gasteiger partial charge in [0.1, 0.15) is 4.90 Å². The summed E-state index contributed by atoms with van der Waals surface area (Å²) in [4.78, 5) is 11.0. The van der Waals surface area contributed by atoms with E-state index in [4.69, 9.17) is 14.9 Å². The van der Waals surface area contributed by atoms with E-state index in [1.54, 1.807) is 0 Å². The Bertz CT molecular complexity index is 671. The van der Waals surface area contributed by atoms with Crippen molar-refractivity contribution in [2.24, 2.45) is 0 Å². The van der Waals surface area contributed by atoms with Crippen molar-refractivity contribution in [2.75, 3.05) is 31.6 Å². The summed E-state index contributed by atoms with van der Waals surface area (Å²) in [6, 6.07) is 3.92. The van der Waals surface area contributed by atoms with Crippen LogP contribution in [0.4, 0.5) is 5.69 Å². The molecule has 1 fully saturated rings. The predicted molar refractivity (Wildman–Crippen MR) is 87.8 cm³/mol. The van der Waals surface area contributed by atoms with E-state index in [2.05, 4.69) is 10.0 Å². The van der Waals surface area contributed by atoms with Crippen LogP contribution in [-0.2, 0) is 14.8 Å². The maximum absolute atomic E-state index is 12.4. The van der Waals surface area contributed by atoms with E-state index < -0.39 is 16.0 Å². The molecule has 1 atom stereocenters. The van der Waals surface area contributed by atoms with Gasteiger partial charge in [-0.2, -0.15) is 0 Å². The number of aliphatic hydroxyl groups excluding tert-OH is 1. The average Bonchev–Trinajstić information content (AvgIpc) is 3.06. The Morgan fingerprint density at radius 2 is 2.17 bits per heavy atom. The van der Waals surface area contributed by atoms with Crippen LogP contribution in [-0.4, -0.2) is 57.0 Å². The molecule has 0 bridgehead atoms. The first-order valence-corrected chi connectivity index (χ1v) is 9.25. The number of nitrogens with one attached hydrogen (secondary N) is 2. The highest BCUT2D eigenvalue weighted by Crippen LogP contribution is 2.24. The lowest BCUT2D eigenvalue weighted by Gasteiger charge is -2.16. The van der Waals surface area contributed by atoms with E-state index in [1.807, 2.05) is 0 Å². The molecule has 0 radical (unpaired) electrons. The smallest absolute Gasteiger partial charge is 0.335 e. The maximum atomic E-state index is 12.4. The van der Waals surface area contributed by atoms with Gasteiger partial charge in [0.05, 0.1) is 17.4 Å². The van der Waals surface area contributed by atoms with Gasteiger partial charge in [0.15, 0.2) is 0 Å². The number of hydrogen-bond acceptors (Lipinski definition) is 6. The minimum Gasteiger partial charge on any atom is -0.478 e. The van der Waals surface area contributed by atoms with Gasteiger partial charge in [-0.1, -0.05) is 0 Å². The Morgan fingerprint density at radius 3 is 2.79 bits per heavy atom. The molecule has 8 nitrogen and oxygen atoms in total. The molecule has 1 aliphatic heterocycles. The predicted octanol–water partition coefficient (Wildman–Crippen LogP) is 0.636. The van der Waals surface area contributed by atoms with E-state index in [0.29, 0.717) is 18.8 Å². The highest BCUT2D eigenvalue weighted by atomic mass is 32.2. The van der Waals surface area contributed by atoms with Crippen LogP contribution >= 0.6 is 0 Å².